The molecule has 7 atom stereocenters. The van der Waals surface area contributed by atoms with Gasteiger partial charge in [-0.2, -0.15) is 0 Å². The fourth-order valence-electron chi connectivity index (χ4n) is 7.58. The number of nitrogens with zero attached hydrogens (tertiary/aromatic N) is 5. The predicted molar refractivity (Wildman–Crippen MR) is 176 cm³/mol. The number of carbonyl (C=O) groups is 3. The number of amides is 3. The Kier molecular flexibility index (Phi) is 11.1. The van der Waals surface area contributed by atoms with Crippen molar-refractivity contribution in [3.8, 4) is 0 Å². The lowest BCUT2D eigenvalue weighted by atomic mass is 9.70. The highest BCUT2D eigenvalue weighted by molar-refractivity contribution is 6.01. The van der Waals surface area contributed by atoms with E-state index in [4.69, 9.17) is 9.73 Å². The Morgan fingerprint density at radius 1 is 1.19 bits per heavy atom. The molecule has 0 aromatic heterocycles. The second-order valence-electron chi connectivity index (χ2n) is 13.3. The van der Waals surface area contributed by atoms with Crippen molar-refractivity contribution in [2.24, 2.45) is 10.9 Å². The van der Waals surface area contributed by atoms with E-state index >= 15 is 4.39 Å². The number of nitrogens with one attached hydrogen (secondary N) is 1. The van der Waals surface area contributed by atoms with E-state index in [-0.39, 0.29) is 42.5 Å². The first-order valence-corrected chi connectivity index (χ1v) is 16.8. The summed E-state index contributed by atoms with van der Waals surface area (Å²) in [7, 11) is 1.82. The lowest BCUT2D eigenvalue weighted by Crippen LogP contribution is -2.62. The molecule has 1 N–H and O–H groups in total. The first-order valence-electron chi connectivity index (χ1n) is 16.8. The summed E-state index contributed by atoms with van der Waals surface area (Å²) >= 11 is 0. The van der Waals surface area contributed by atoms with Crippen LogP contribution in [-0.2, 0) is 19.1 Å². The predicted octanol–water partition coefficient (Wildman–Crippen LogP) is 2.96. The van der Waals surface area contributed by atoms with E-state index in [1.807, 2.05) is 25.8 Å². The second-order valence-corrected chi connectivity index (χ2v) is 13.3. The van der Waals surface area contributed by atoms with Gasteiger partial charge in [0, 0.05) is 62.9 Å². The third-order valence-corrected chi connectivity index (χ3v) is 10.2. The van der Waals surface area contributed by atoms with Gasteiger partial charge in [-0.25, -0.2) is 8.78 Å². The molecule has 4 aliphatic rings. The van der Waals surface area contributed by atoms with Crippen LogP contribution in [0.25, 0.3) is 0 Å². The Hall–Kier alpha value is -3.64. The van der Waals surface area contributed by atoms with E-state index in [1.165, 1.54) is 18.2 Å². The van der Waals surface area contributed by atoms with Crippen molar-refractivity contribution in [2.45, 2.75) is 76.2 Å². The Balaban J connectivity index is 1.52. The van der Waals surface area contributed by atoms with Crippen molar-refractivity contribution < 1.29 is 27.9 Å². The van der Waals surface area contributed by atoms with Crippen molar-refractivity contribution in [3.63, 3.8) is 0 Å². The van der Waals surface area contributed by atoms with Crippen LogP contribution in [-0.4, -0.2) is 127 Å². The number of rotatable bonds is 9. The molecule has 3 aliphatic heterocycles. The minimum Gasteiger partial charge on any atom is -0.373 e. The van der Waals surface area contributed by atoms with Gasteiger partial charge >= 0.3 is 0 Å². The number of aliphatic imine (C=N–C) groups is 1. The van der Waals surface area contributed by atoms with Gasteiger partial charge in [0.15, 0.2) is 0 Å². The summed E-state index contributed by atoms with van der Waals surface area (Å²) in [6, 6.07) is 2.57. The minimum atomic E-state index is -0.652. The number of carbonyl (C=O) groups excluding carboxylic acids is 3. The SMILES string of the molecule is C=CC(=O)N1CC(C)N(C2=N[C@H](CCCN3CCN(C)C(=O)C3)COC3C(NC=O)C2=CC(CC)C3c2ccc(F)cc2F)C[C@H]1C. The Morgan fingerprint density at radius 2 is 1.98 bits per heavy atom. The van der Waals surface area contributed by atoms with Gasteiger partial charge in [-0.3, -0.25) is 24.3 Å². The average Bonchev–Trinajstić information content (AvgIpc) is 3.04. The summed E-state index contributed by atoms with van der Waals surface area (Å²) in [5, 5.41) is 2.97. The van der Waals surface area contributed by atoms with E-state index in [1.54, 1.807) is 4.90 Å². The maximum atomic E-state index is 15.4. The minimum absolute atomic E-state index is 0.0882. The number of fused-ring (bicyclic) bond motifs is 2. The third-order valence-electron chi connectivity index (χ3n) is 10.2. The molecular formula is C35H48F2N6O4. The molecule has 1 aliphatic carbocycles. The van der Waals surface area contributed by atoms with E-state index in [0.29, 0.717) is 51.0 Å². The molecule has 5 unspecified atom stereocenters. The number of piperazine rings is 2. The molecule has 0 saturated carbocycles. The highest BCUT2D eigenvalue weighted by Crippen LogP contribution is 2.43. The van der Waals surface area contributed by atoms with Gasteiger partial charge in [-0.1, -0.05) is 25.6 Å². The number of amidine groups is 1. The van der Waals surface area contributed by atoms with Crippen LogP contribution < -0.4 is 5.32 Å². The van der Waals surface area contributed by atoms with E-state index in [0.717, 1.165) is 37.0 Å². The number of halogens is 2. The van der Waals surface area contributed by atoms with Crippen molar-refractivity contribution in [2.75, 3.05) is 52.9 Å². The van der Waals surface area contributed by atoms with Gasteiger partial charge in [0.05, 0.1) is 31.3 Å². The fraction of sp³-hybridized carbons (Fsp3) is 0.600. The summed E-state index contributed by atoms with van der Waals surface area (Å²) < 4.78 is 36.1. The van der Waals surface area contributed by atoms with Crippen molar-refractivity contribution in [3.05, 3.63) is 59.7 Å². The first-order chi connectivity index (χ1) is 22.6. The van der Waals surface area contributed by atoms with Crippen LogP contribution in [0.15, 0.2) is 47.5 Å². The molecule has 2 fully saturated rings. The zero-order valence-corrected chi connectivity index (χ0v) is 27.9. The van der Waals surface area contributed by atoms with Crippen molar-refractivity contribution in [1.82, 2.24) is 24.9 Å². The van der Waals surface area contributed by atoms with Crippen molar-refractivity contribution in [1.29, 1.82) is 0 Å². The van der Waals surface area contributed by atoms with Crippen LogP contribution in [0.4, 0.5) is 8.78 Å². The van der Waals surface area contributed by atoms with Crippen LogP contribution in [0, 0.1) is 17.6 Å². The van der Waals surface area contributed by atoms with Crippen LogP contribution >= 0.6 is 0 Å². The number of ether oxygens (including phenoxy) is 1. The molecule has 0 spiro atoms. The molecule has 2 bridgehead atoms. The number of hydrogen-bond acceptors (Lipinski definition) is 7. The maximum absolute atomic E-state index is 15.4. The topological polar surface area (TPSA) is 97.8 Å². The molecule has 1 aromatic carbocycles. The van der Waals surface area contributed by atoms with Crippen LogP contribution in [0.5, 0.6) is 0 Å². The van der Waals surface area contributed by atoms with Gasteiger partial charge in [0.1, 0.15) is 17.5 Å². The quantitative estimate of drug-likeness (QED) is 0.325. The highest BCUT2D eigenvalue weighted by Gasteiger charge is 2.47. The van der Waals surface area contributed by atoms with Crippen LogP contribution in [0.1, 0.15) is 51.5 Å². The molecular weight excluding hydrogens is 606 g/mol. The summed E-state index contributed by atoms with van der Waals surface area (Å²) in [6.07, 6.45) is 5.58. The van der Waals surface area contributed by atoms with Gasteiger partial charge in [0.2, 0.25) is 18.2 Å². The zero-order valence-electron chi connectivity index (χ0n) is 27.9. The lowest BCUT2D eigenvalue weighted by molar-refractivity contribution is -0.134. The molecule has 2 saturated heterocycles. The molecule has 256 valence electrons. The summed E-state index contributed by atoms with van der Waals surface area (Å²) in [5.41, 5.74) is 1.16. The largest absolute Gasteiger partial charge is 0.373 e. The standard InChI is InChI=1S/C35H48F2N6O4/c1-6-24-15-28-33(38-21-44)34(32(24)27-11-10-25(36)16-29(27)37)47-20-26(9-8-12-41-14-13-40(5)31(46)19-41)39-35(28)43-18-22(3)42(17-23(43)4)30(45)7-2/h7,10-11,15-16,21-24,26,32-34H,2,6,8-9,12-14,17-20H2,1,3-5H3,(H,38,44)/t22-,23?,24?,26-,32?,33?,34?/m1/s1. The number of likely N-dealkylation sites (N-methyl/N-ethyl adjacent to an activating group) is 1. The average molecular weight is 655 g/mol. The van der Waals surface area contributed by atoms with Gasteiger partial charge in [0.25, 0.3) is 0 Å². The smallest absolute Gasteiger partial charge is 0.246 e. The van der Waals surface area contributed by atoms with Crippen molar-refractivity contribution >= 4 is 24.1 Å². The Morgan fingerprint density at radius 3 is 2.66 bits per heavy atom. The molecule has 1 aromatic rings. The normalized spacial score (nSPS) is 30.2. The van der Waals surface area contributed by atoms with Crippen LogP contribution in [0.3, 0.4) is 0 Å². The van der Waals surface area contributed by atoms with Gasteiger partial charge < -0.3 is 24.8 Å². The highest BCUT2D eigenvalue weighted by atomic mass is 19.1. The molecule has 3 amide bonds. The number of hydrogen-bond donors (Lipinski definition) is 1. The monoisotopic (exact) mass is 654 g/mol. The third kappa shape index (κ3) is 7.43. The molecule has 3 heterocycles. The molecule has 0 radical (unpaired) electrons. The Bertz CT molecular complexity index is 1400. The van der Waals surface area contributed by atoms with E-state index in [9.17, 15) is 18.8 Å². The molecule has 12 heteroatoms. The summed E-state index contributed by atoms with van der Waals surface area (Å²) in [6.45, 7) is 13.7. The van der Waals surface area contributed by atoms with Gasteiger partial charge in [-0.15, -0.1) is 0 Å². The zero-order chi connectivity index (χ0) is 33.8. The molecule has 10 nitrogen and oxygen atoms in total. The molecule has 5 rings (SSSR count). The molecule has 47 heavy (non-hydrogen) atoms. The fourth-order valence-corrected chi connectivity index (χ4v) is 7.58. The summed E-state index contributed by atoms with van der Waals surface area (Å²) in [4.78, 5) is 50.3. The van der Waals surface area contributed by atoms with E-state index in [2.05, 4.69) is 34.7 Å². The Labute approximate surface area is 276 Å². The first kappa shape index (κ1) is 34.7. The maximum Gasteiger partial charge on any atom is 0.246 e. The number of benzene rings is 1. The van der Waals surface area contributed by atoms with Crippen LogP contribution in [0.2, 0.25) is 0 Å². The van der Waals surface area contributed by atoms with E-state index < -0.39 is 29.7 Å². The lowest BCUT2D eigenvalue weighted by Gasteiger charge is -2.49. The van der Waals surface area contributed by atoms with Gasteiger partial charge in [-0.05, 0) is 63.3 Å². The number of allylic oxidation sites excluding steroid dienone is 1. The second kappa shape index (κ2) is 15.1. The summed E-state index contributed by atoms with van der Waals surface area (Å²) in [5.74, 6) is -1.20.